The zero-order valence-electron chi connectivity index (χ0n) is 8.11. The molecule has 1 aromatic rings. The summed E-state index contributed by atoms with van der Waals surface area (Å²) < 4.78 is 31.2. The highest BCUT2D eigenvalue weighted by atomic mass is 32.2. The van der Waals surface area contributed by atoms with E-state index in [0.717, 1.165) is 5.56 Å². The Morgan fingerprint density at radius 2 is 1.93 bits per heavy atom. The summed E-state index contributed by atoms with van der Waals surface area (Å²) in [5.74, 6) is 0. The molecule has 0 saturated carbocycles. The molecule has 0 spiro atoms. The molecule has 1 N–H and O–H groups in total. The highest BCUT2D eigenvalue weighted by Gasteiger charge is 2.17. The Morgan fingerprint density at radius 1 is 1.36 bits per heavy atom. The average molecular weight is 212 g/mol. The average Bonchev–Trinajstić information content (AvgIpc) is 2.07. The summed E-state index contributed by atoms with van der Waals surface area (Å²) in [4.78, 5) is -0.0486. The molecule has 3 nitrogen and oxygen atoms in total. The van der Waals surface area contributed by atoms with Crippen molar-refractivity contribution in [1.29, 1.82) is 0 Å². The van der Waals surface area contributed by atoms with E-state index in [1.807, 2.05) is 0 Å². The molecule has 0 unspecified atom stereocenters. The summed E-state index contributed by atoms with van der Waals surface area (Å²) in [6.07, 6.45) is 1.41. The smallest absolute Gasteiger partial charge is 0.282 e. The Bertz CT molecular complexity index is 472. The Morgan fingerprint density at radius 3 is 2.36 bits per heavy atom. The molecule has 4 heteroatoms. The Balaban J connectivity index is 3.69. The van der Waals surface area contributed by atoms with Gasteiger partial charge in [0.25, 0.3) is 10.1 Å². The highest BCUT2D eigenvalue weighted by Crippen LogP contribution is 2.23. The second-order valence-electron chi connectivity index (χ2n) is 3.11. The van der Waals surface area contributed by atoms with Crippen molar-refractivity contribution in [2.75, 3.05) is 0 Å². The first-order chi connectivity index (χ1) is 6.38. The quantitative estimate of drug-likeness (QED) is 0.764. The third-order valence-corrected chi connectivity index (χ3v) is 3.24. The second kappa shape index (κ2) is 3.55. The first-order valence-corrected chi connectivity index (χ1v) is 5.52. The molecule has 0 radical (unpaired) electrons. The van der Waals surface area contributed by atoms with Crippen molar-refractivity contribution in [3.05, 3.63) is 35.4 Å². The van der Waals surface area contributed by atoms with Crippen LogP contribution < -0.4 is 0 Å². The fourth-order valence-corrected chi connectivity index (χ4v) is 2.31. The van der Waals surface area contributed by atoms with Crippen LogP contribution in [-0.2, 0) is 10.1 Å². The normalized spacial score (nSPS) is 11.4. The maximum Gasteiger partial charge on any atom is 0.295 e. The van der Waals surface area contributed by atoms with Crippen LogP contribution >= 0.6 is 0 Å². The topological polar surface area (TPSA) is 54.4 Å². The van der Waals surface area contributed by atoms with Gasteiger partial charge in [0.1, 0.15) is 4.90 Å². The van der Waals surface area contributed by atoms with Gasteiger partial charge < -0.3 is 0 Å². The van der Waals surface area contributed by atoms with Crippen LogP contribution in [0, 0.1) is 13.8 Å². The monoisotopic (exact) mass is 212 g/mol. The summed E-state index contributed by atoms with van der Waals surface area (Å²) in [5.41, 5.74) is 1.81. The number of rotatable bonds is 2. The van der Waals surface area contributed by atoms with E-state index in [2.05, 4.69) is 6.58 Å². The van der Waals surface area contributed by atoms with Gasteiger partial charge in [-0.25, -0.2) is 0 Å². The molecule has 1 aromatic carbocycles. The maximum atomic E-state index is 11.1. The molecule has 14 heavy (non-hydrogen) atoms. The van der Waals surface area contributed by atoms with Gasteiger partial charge in [-0.15, -0.1) is 0 Å². The van der Waals surface area contributed by atoms with Gasteiger partial charge in [-0.2, -0.15) is 8.42 Å². The molecular formula is C10H12O3S. The van der Waals surface area contributed by atoms with Gasteiger partial charge in [0.05, 0.1) is 0 Å². The first kappa shape index (κ1) is 10.9. The van der Waals surface area contributed by atoms with Crippen LogP contribution in [0.25, 0.3) is 6.08 Å². The Labute approximate surface area is 83.8 Å². The molecule has 0 aliphatic heterocycles. The molecule has 0 aromatic heterocycles. The molecule has 0 heterocycles. The van der Waals surface area contributed by atoms with Crippen LogP contribution in [0.15, 0.2) is 23.6 Å². The second-order valence-corrected chi connectivity index (χ2v) is 4.46. The van der Waals surface area contributed by atoms with E-state index in [4.69, 9.17) is 4.55 Å². The van der Waals surface area contributed by atoms with Gasteiger partial charge in [0.15, 0.2) is 0 Å². The Hall–Kier alpha value is -1.13. The first-order valence-electron chi connectivity index (χ1n) is 4.08. The molecular weight excluding hydrogens is 200 g/mol. The molecule has 0 fully saturated rings. The van der Waals surface area contributed by atoms with Crippen molar-refractivity contribution in [2.45, 2.75) is 18.7 Å². The zero-order chi connectivity index (χ0) is 10.9. The van der Waals surface area contributed by atoms with E-state index in [-0.39, 0.29) is 4.90 Å². The van der Waals surface area contributed by atoms with Crippen LogP contribution in [0.4, 0.5) is 0 Å². The summed E-state index contributed by atoms with van der Waals surface area (Å²) in [6.45, 7) is 6.95. The predicted molar refractivity (Wildman–Crippen MR) is 55.8 cm³/mol. The SMILES string of the molecule is C=Cc1ccc(C)c(C)c1S(=O)(=O)O. The minimum absolute atomic E-state index is 0.0486. The van der Waals surface area contributed by atoms with Crippen LogP contribution in [0.5, 0.6) is 0 Å². The molecule has 1 rings (SSSR count). The number of benzene rings is 1. The molecule has 0 aliphatic rings. The van der Waals surface area contributed by atoms with Gasteiger partial charge in [-0.05, 0) is 30.5 Å². The minimum atomic E-state index is -4.17. The third-order valence-electron chi connectivity index (χ3n) is 2.19. The largest absolute Gasteiger partial charge is 0.295 e. The lowest BCUT2D eigenvalue weighted by Gasteiger charge is -2.09. The highest BCUT2D eigenvalue weighted by molar-refractivity contribution is 7.86. The van der Waals surface area contributed by atoms with E-state index in [0.29, 0.717) is 11.1 Å². The van der Waals surface area contributed by atoms with E-state index in [9.17, 15) is 8.42 Å². The fourth-order valence-electron chi connectivity index (χ4n) is 1.31. The lowest BCUT2D eigenvalue weighted by Crippen LogP contribution is -2.04. The van der Waals surface area contributed by atoms with Crippen LogP contribution in [0.2, 0.25) is 0 Å². The summed E-state index contributed by atoms with van der Waals surface area (Å²) >= 11 is 0. The van der Waals surface area contributed by atoms with Crippen molar-refractivity contribution in [2.24, 2.45) is 0 Å². The Kier molecular flexibility index (Phi) is 2.78. The molecule has 0 atom stereocenters. The van der Waals surface area contributed by atoms with Crippen LogP contribution in [-0.4, -0.2) is 13.0 Å². The van der Waals surface area contributed by atoms with Crippen LogP contribution in [0.1, 0.15) is 16.7 Å². The standard InChI is InChI=1S/C10H12O3S/c1-4-9-6-5-7(2)8(3)10(9)14(11,12)13/h4-6H,1H2,2-3H3,(H,11,12,13). The minimum Gasteiger partial charge on any atom is -0.282 e. The summed E-state index contributed by atoms with van der Waals surface area (Å²) in [7, 11) is -4.17. The molecule has 0 amide bonds. The van der Waals surface area contributed by atoms with Crippen molar-refractivity contribution < 1.29 is 13.0 Å². The van der Waals surface area contributed by atoms with Gasteiger partial charge in [-0.1, -0.05) is 24.8 Å². The van der Waals surface area contributed by atoms with E-state index in [1.165, 1.54) is 6.08 Å². The summed E-state index contributed by atoms with van der Waals surface area (Å²) in [6, 6.07) is 3.42. The lowest BCUT2D eigenvalue weighted by molar-refractivity contribution is 0.482. The maximum absolute atomic E-state index is 11.1. The molecule has 0 aliphatic carbocycles. The molecule has 0 bridgehead atoms. The van der Waals surface area contributed by atoms with Crippen molar-refractivity contribution in [3.63, 3.8) is 0 Å². The zero-order valence-corrected chi connectivity index (χ0v) is 8.93. The van der Waals surface area contributed by atoms with Crippen molar-refractivity contribution >= 4 is 16.2 Å². The van der Waals surface area contributed by atoms with Gasteiger partial charge >= 0.3 is 0 Å². The third kappa shape index (κ3) is 1.86. The van der Waals surface area contributed by atoms with Gasteiger partial charge in [0, 0.05) is 0 Å². The van der Waals surface area contributed by atoms with Gasteiger partial charge in [-0.3, -0.25) is 4.55 Å². The lowest BCUT2D eigenvalue weighted by atomic mass is 10.1. The number of hydrogen-bond acceptors (Lipinski definition) is 2. The predicted octanol–water partition coefficient (Wildman–Crippen LogP) is 2.19. The van der Waals surface area contributed by atoms with E-state index < -0.39 is 10.1 Å². The number of hydrogen-bond donors (Lipinski definition) is 1. The van der Waals surface area contributed by atoms with Crippen molar-refractivity contribution in [3.8, 4) is 0 Å². The summed E-state index contributed by atoms with van der Waals surface area (Å²) in [5, 5.41) is 0. The molecule has 76 valence electrons. The van der Waals surface area contributed by atoms with E-state index in [1.54, 1.807) is 26.0 Å². The van der Waals surface area contributed by atoms with E-state index >= 15 is 0 Å². The van der Waals surface area contributed by atoms with Crippen molar-refractivity contribution in [1.82, 2.24) is 0 Å². The van der Waals surface area contributed by atoms with Crippen LogP contribution in [0.3, 0.4) is 0 Å². The number of aryl methyl sites for hydroxylation is 1. The molecule has 0 saturated heterocycles. The fraction of sp³-hybridized carbons (Fsp3) is 0.200. The van der Waals surface area contributed by atoms with Gasteiger partial charge in [0.2, 0.25) is 0 Å².